The number of alkyl halides is 3. The van der Waals surface area contributed by atoms with Crippen LogP contribution < -0.4 is 0 Å². The first kappa shape index (κ1) is 9.31. The molecule has 1 heterocycles. The van der Waals surface area contributed by atoms with Gasteiger partial charge in [-0.1, -0.05) is 0 Å². The molecule has 1 rings (SSSR count). The topological polar surface area (TPSA) is 20.7 Å². The zero-order valence-electron chi connectivity index (χ0n) is 6.27. The first-order valence-electron chi connectivity index (χ1n) is 3.22. The molecule has 0 aliphatic rings. The summed E-state index contributed by atoms with van der Waals surface area (Å²) < 4.78 is 36.8. The minimum atomic E-state index is -4.22. The molecular formula is C6H7F3N2S. The molecule has 0 amide bonds. The molecule has 12 heavy (non-hydrogen) atoms. The third-order valence-corrected chi connectivity index (χ3v) is 1.75. The van der Waals surface area contributed by atoms with Crippen LogP contribution >= 0.6 is 12.2 Å². The SMILES string of the molecule is Cc1c[nH]c(=S)n1CC(F)(F)F. The van der Waals surface area contributed by atoms with Gasteiger partial charge in [0.05, 0.1) is 0 Å². The average Bonchev–Trinajstić information content (AvgIpc) is 2.16. The van der Waals surface area contributed by atoms with Gasteiger partial charge in [-0.3, -0.25) is 0 Å². The number of H-pyrrole nitrogens is 1. The van der Waals surface area contributed by atoms with Crippen LogP contribution in [0.4, 0.5) is 13.2 Å². The molecule has 6 heteroatoms. The fraction of sp³-hybridized carbons (Fsp3) is 0.500. The zero-order valence-corrected chi connectivity index (χ0v) is 7.09. The lowest BCUT2D eigenvalue weighted by atomic mass is 10.5. The van der Waals surface area contributed by atoms with Crippen LogP contribution in [0.5, 0.6) is 0 Å². The van der Waals surface area contributed by atoms with Crippen molar-refractivity contribution >= 4 is 12.2 Å². The van der Waals surface area contributed by atoms with E-state index in [9.17, 15) is 13.2 Å². The Hall–Kier alpha value is -0.780. The molecule has 1 aromatic heterocycles. The Labute approximate surface area is 72.0 Å². The highest BCUT2D eigenvalue weighted by atomic mass is 32.1. The Bertz CT molecular complexity index is 322. The maximum Gasteiger partial charge on any atom is 0.406 e. The van der Waals surface area contributed by atoms with Crippen LogP contribution in [0.3, 0.4) is 0 Å². The minimum absolute atomic E-state index is 0.102. The van der Waals surface area contributed by atoms with Crippen LogP contribution in [0, 0.1) is 11.7 Å². The Morgan fingerprint density at radius 3 is 2.50 bits per heavy atom. The molecule has 0 radical (unpaired) electrons. The molecule has 0 bridgehead atoms. The van der Waals surface area contributed by atoms with Crippen molar-refractivity contribution in [2.24, 2.45) is 0 Å². The molecule has 0 unspecified atom stereocenters. The van der Waals surface area contributed by atoms with E-state index in [-0.39, 0.29) is 4.77 Å². The third kappa shape index (κ3) is 2.10. The highest BCUT2D eigenvalue weighted by Crippen LogP contribution is 2.18. The van der Waals surface area contributed by atoms with E-state index in [2.05, 4.69) is 17.2 Å². The standard InChI is InChI=1S/C6H7F3N2S/c1-4-2-10-5(12)11(4)3-6(7,8)9/h2H,3H2,1H3,(H,10,12). The highest BCUT2D eigenvalue weighted by molar-refractivity contribution is 7.71. The Kier molecular flexibility index (Phi) is 2.27. The van der Waals surface area contributed by atoms with Gasteiger partial charge in [0.15, 0.2) is 4.77 Å². The number of aromatic nitrogens is 2. The molecule has 2 nitrogen and oxygen atoms in total. The van der Waals surface area contributed by atoms with Crippen LogP contribution in [0.15, 0.2) is 6.20 Å². The molecule has 0 aliphatic heterocycles. The maximum absolute atomic E-state index is 11.9. The van der Waals surface area contributed by atoms with E-state index in [1.54, 1.807) is 6.92 Å². The number of nitrogens with zero attached hydrogens (tertiary/aromatic N) is 1. The van der Waals surface area contributed by atoms with E-state index in [1.165, 1.54) is 6.20 Å². The largest absolute Gasteiger partial charge is 0.406 e. The van der Waals surface area contributed by atoms with Gasteiger partial charge in [0.1, 0.15) is 6.54 Å². The molecule has 1 aromatic rings. The zero-order chi connectivity index (χ0) is 9.35. The smallest absolute Gasteiger partial charge is 0.337 e. The molecule has 0 atom stereocenters. The number of imidazole rings is 1. The van der Waals surface area contributed by atoms with Crippen LogP contribution in [-0.2, 0) is 6.54 Å². The first-order chi connectivity index (χ1) is 5.40. The lowest BCUT2D eigenvalue weighted by Crippen LogP contribution is -2.18. The van der Waals surface area contributed by atoms with Crippen molar-refractivity contribution < 1.29 is 13.2 Å². The summed E-state index contributed by atoms with van der Waals surface area (Å²) in [5, 5.41) is 0. The Morgan fingerprint density at radius 2 is 2.17 bits per heavy atom. The van der Waals surface area contributed by atoms with Gasteiger partial charge in [-0.15, -0.1) is 0 Å². The minimum Gasteiger partial charge on any atom is -0.337 e. The number of nitrogens with one attached hydrogen (secondary N) is 1. The predicted octanol–water partition coefficient (Wildman–Crippen LogP) is 2.42. The van der Waals surface area contributed by atoms with Gasteiger partial charge in [-0.25, -0.2) is 0 Å². The van der Waals surface area contributed by atoms with Gasteiger partial charge in [-0.05, 0) is 19.1 Å². The number of hydrogen-bond acceptors (Lipinski definition) is 1. The van der Waals surface area contributed by atoms with Crippen molar-refractivity contribution in [3.63, 3.8) is 0 Å². The Balaban J connectivity index is 2.96. The highest BCUT2D eigenvalue weighted by Gasteiger charge is 2.28. The van der Waals surface area contributed by atoms with E-state index >= 15 is 0 Å². The number of aryl methyl sites for hydroxylation is 1. The second-order valence-electron chi connectivity index (χ2n) is 2.44. The molecule has 68 valence electrons. The molecule has 0 spiro atoms. The fourth-order valence-corrected chi connectivity index (χ4v) is 1.13. The summed E-state index contributed by atoms with van der Waals surface area (Å²) in [6, 6.07) is 0. The Morgan fingerprint density at radius 1 is 1.58 bits per heavy atom. The number of rotatable bonds is 1. The fourth-order valence-electron chi connectivity index (χ4n) is 0.858. The van der Waals surface area contributed by atoms with Crippen LogP contribution in [0.2, 0.25) is 0 Å². The molecular weight excluding hydrogens is 189 g/mol. The second kappa shape index (κ2) is 2.93. The van der Waals surface area contributed by atoms with Crippen molar-refractivity contribution in [1.29, 1.82) is 0 Å². The lowest BCUT2D eigenvalue weighted by molar-refractivity contribution is -0.141. The van der Waals surface area contributed by atoms with Crippen LogP contribution in [0.1, 0.15) is 5.69 Å². The summed E-state index contributed by atoms with van der Waals surface area (Å²) in [7, 11) is 0. The monoisotopic (exact) mass is 196 g/mol. The predicted molar refractivity (Wildman–Crippen MR) is 40.4 cm³/mol. The quantitative estimate of drug-likeness (QED) is 0.684. The van der Waals surface area contributed by atoms with E-state index < -0.39 is 12.7 Å². The van der Waals surface area contributed by atoms with E-state index in [0.29, 0.717) is 5.69 Å². The van der Waals surface area contributed by atoms with Crippen molar-refractivity contribution in [3.05, 3.63) is 16.7 Å². The van der Waals surface area contributed by atoms with Gasteiger partial charge < -0.3 is 9.55 Å². The van der Waals surface area contributed by atoms with Gasteiger partial charge in [0.2, 0.25) is 0 Å². The summed E-state index contributed by atoms with van der Waals surface area (Å²) in [4.78, 5) is 2.54. The van der Waals surface area contributed by atoms with E-state index in [1.807, 2.05) is 0 Å². The summed E-state index contributed by atoms with van der Waals surface area (Å²) in [5.74, 6) is 0. The van der Waals surface area contributed by atoms with Crippen molar-refractivity contribution in [1.82, 2.24) is 9.55 Å². The summed E-state index contributed by atoms with van der Waals surface area (Å²) in [6.07, 6.45) is -2.76. The third-order valence-electron chi connectivity index (χ3n) is 1.41. The van der Waals surface area contributed by atoms with Crippen molar-refractivity contribution in [3.8, 4) is 0 Å². The van der Waals surface area contributed by atoms with E-state index in [4.69, 9.17) is 0 Å². The first-order valence-corrected chi connectivity index (χ1v) is 3.62. The lowest BCUT2D eigenvalue weighted by Gasteiger charge is -2.08. The van der Waals surface area contributed by atoms with E-state index in [0.717, 1.165) is 4.57 Å². The molecule has 0 aromatic carbocycles. The summed E-state index contributed by atoms with van der Waals surface area (Å²) in [6.45, 7) is 0.541. The molecule has 0 saturated carbocycles. The number of hydrogen-bond donors (Lipinski definition) is 1. The summed E-state index contributed by atoms with van der Waals surface area (Å²) in [5.41, 5.74) is 0.484. The molecule has 0 saturated heterocycles. The molecule has 0 aliphatic carbocycles. The number of halogens is 3. The van der Waals surface area contributed by atoms with Crippen molar-refractivity contribution in [2.75, 3.05) is 0 Å². The van der Waals surface area contributed by atoms with Gasteiger partial charge in [0.25, 0.3) is 0 Å². The average molecular weight is 196 g/mol. The van der Waals surface area contributed by atoms with Gasteiger partial charge in [-0.2, -0.15) is 13.2 Å². The van der Waals surface area contributed by atoms with Crippen LogP contribution in [-0.4, -0.2) is 15.7 Å². The summed E-state index contributed by atoms with van der Waals surface area (Å²) >= 11 is 4.65. The normalized spacial score (nSPS) is 12.0. The van der Waals surface area contributed by atoms with Gasteiger partial charge >= 0.3 is 6.18 Å². The van der Waals surface area contributed by atoms with Crippen LogP contribution in [0.25, 0.3) is 0 Å². The van der Waals surface area contributed by atoms with Crippen molar-refractivity contribution in [2.45, 2.75) is 19.6 Å². The second-order valence-corrected chi connectivity index (χ2v) is 2.82. The number of aromatic amines is 1. The molecule has 1 N–H and O–H groups in total. The molecule has 0 fully saturated rings. The van der Waals surface area contributed by atoms with Gasteiger partial charge in [0, 0.05) is 11.9 Å². The maximum atomic E-state index is 11.9.